The van der Waals surface area contributed by atoms with Crippen LogP contribution in [0.2, 0.25) is 0 Å². The average molecular weight is 313 g/mol. The van der Waals surface area contributed by atoms with Crippen molar-refractivity contribution in [1.29, 1.82) is 0 Å². The van der Waals surface area contributed by atoms with Crippen LogP contribution in [-0.2, 0) is 20.5 Å². The van der Waals surface area contributed by atoms with E-state index >= 15 is 0 Å². The highest BCUT2D eigenvalue weighted by atomic mass is 16.3. The number of benzene rings is 1. The number of aryl methyl sites for hydroxylation is 1. The van der Waals surface area contributed by atoms with Crippen molar-refractivity contribution in [2.75, 3.05) is 0 Å². The maximum absolute atomic E-state index is 12.5. The van der Waals surface area contributed by atoms with Gasteiger partial charge in [0.15, 0.2) is 0 Å². The van der Waals surface area contributed by atoms with E-state index in [4.69, 9.17) is 0 Å². The number of H-pyrrole nitrogens is 1. The predicted octanol–water partition coefficient (Wildman–Crippen LogP) is 0.222. The molecule has 3 aromatic rings. The number of hydrogen-bond acceptors (Lipinski definition) is 4. The van der Waals surface area contributed by atoms with Gasteiger partial charge in [0.1, 0.15) is 16.8 Å². The van der Waals surface area contributed by atoms with Gasteiger partial charge in [0.2, 0.25) is 0 Å². The molecule has 0 saturated heterocycles. The summed E-state index contributed by atoms with van der Waals surface area (Å²) in [7, 11) is 2.76. The molecule has 0 aliphatic carbocycles. The van der Waals surface area contributed by atoms with Gasteiger partial charge < -0.3 is 5.11 Å². The maximum Gasteiger partial charge on any atom is 0.329 e. The quantitative estimate of drug-likeness (QED) is 0.707. The number of hydrogen-bond donors (Lipinski definition) is 2. The van der Waals surface area contributed by atoms with E-state index in [9.17, 15) is 19.5 Å². The number of fused-ring (bicyclic) bond motifs is 1. The lowest BCUT2D eigenvalue weighted by molar-refractivity contribution is 0.471. The van der Waals surface area contributed by atoms with Gasteiger partial charge in [0, 0.05) is 20.5 Å². The molecule has 0 aliphatic heterocycles. The van der Waals surface area contributed by atoms with Crippen LogP contribution in [0.25, 0.3) is 11.0 Å². The highest BCUT2D eigenvalue weighted by molar-refractivity contribution is 5.82. The Morgan fingerprint density at radius 2 is 1.65 bits per heavy atom. The molecule has 0 radical (unpaired) electrons. The monoisotopic (exact) mass is 313 g/mol. The minimum Gasteiger partial charge on any atom is -0.506 e. The maximum atomic E-state index is 12.5. The lowest BCUT2D eigenvalue weighted by Gasteiger charge is -2.12. The van der Waals surface area contributed by atoms with Crippen molar-refractivity contribution in [3.05, 3.63) is 72.7 Å². The van der Waals surface area contributed by atoms with Crippen LogP contribution in [-0.4, -0.2) is 19.2 Å². The molecule has 0 atom stereocenters. The molecular weight excluding hydrogens is 298 g/mol. The highest BCUT2D eigenvalue weighted by Gasteiger charge is 2.19. The summed E-state index contributed by atoms with van der Waals surface area (Å²) in [6, 6.07) is 9.16. The number of aromatic hydroxyl groups is 1. The number of aromatic nitrogens is 3. The number of aromatic amines is 1. The zero-order valence-electron chi connectivity index (χ0n) is 12.7. The summed E-state index contributed by atoms with van der Waals surface area (Å²) in [5.41, 5.74) is -0.783. The minimum absolute atomic E-state index is 0.0115. The van der Waals surface area contributed by atoms with Crippen molar-refractivity contribution in [1.82, 2.24) is 14.1 Å². The second-order valence-electron chi connectivity index (χ2n) is 5.37. The van der Waals surface area contributed by atoms with Crippen LogP contribution in [0.1, 0.15) is 11.1 Å². The summed E-state index contributed by atoms with van der Waals surface area (Å²) < 4.78 is 2.04. The molecule has 2 aromatic heterocycles. The first-order chi connectivity index (χ1) is 10.9. The van der Waals surface area contributed by atoms with Gasteiger partial charge in [-0.2, -0.15) is 0 Å². The average Bonchev–Trinajstić information content (AvgIpc) is 2.55. The van der Waals surface area contributed by atoms with Gasteiger partial charge in [-0.1, -0.05) is 30.3 Å². The van der Waals surface area contributed by atoms with Gasteiger partial charge in [-0.3, -0.25) is 23.7 Å². The first-order valence-electron chi connectivity index (χ1n) is 6.99. The second-order valence-corrected chi connectivity index (χ2v) is 5.37. The summed E-state index contributed by atoms with van der Waals surface area (Å²) in [6.45, 7) is 0. The summed E-state index contributed by atoms with van der Waals surface area (Å²) >= 11 is 0. The molecule has 23 heavy (non-hydrogen) atoms. The molecule has 3 rings (SSSR count). The van der Waals surface area contributed by atoms with E-state index in [-0.39, 0.29) is 28.8 Å². The first-order valence-corrected chi connectivity index (χ1v) is 6.99. The van der Waals surface area contributed by atoms with Crippen molar-refractivity contribution in [2.45, 2.75) is 6.42 Å². The molecule has 0 aliphatic rings. The Kier molecular flexibility index (Phi) is 3.40. The number of nitrogens with one attached hydrogen (secondary N) is 1. The third-order valence-corrected chi connectivity index (χ3v) is 3.93. The second kappa shape index (κ2) is 5.28. The third-order valence-electron chi connectivity index (χ3n) is 3.93. The Labute approximate surface area is 130 Å². The van der Waals surface area contributed by atoms with Gasteiger partial charge >= 0.3 is 5.69 Å². The van der Waals surface area contributed by atoms with Gasteiger partial charge in [-0.25, -0.2) is 4.79 Å². The van der Waals surface area contributed by atoms with Crippen LogP contribution in [0.5, 0.6) is 5.75 Å². The van der Waals surface area contributed by atoms with E-state index in [2.05, 4.69) is 4.98 Å². The SMILES string of the molecule is Cn1c(=O)[nH]c2c(c(O)c(Cc3ccccc3)c(=O)n2C)c1=O. The van der Waals surface area contributed by atoms with Gasteiger partial charge in [0.25, 0.3) is 11.1 Å². The Bertz CT molecular complexity index is 1070. The van der Waals surface area contributed by atoms with Crippen molar-refractivity contribution in [3.8, 4) is 5.75 Å². The van der Waals surface area contributed by atoms with E-state index in [1.54, 1.807) is 0 Å². The zero-order chi connectivity index (χ0) is 16.7. The molecular formula is C16H15N3O4. The number of pyridine rings is 1. The number of rotatable bonds is 2. The number of nitrogens with zero attached hydrogens (tertiary/aromatic N) is 2. The summed E-state index contributed by atoms with van der Waals surface area (Å²) in [6.07, 6.45) is 0.192. The van der Waals surface area contributed by atoms with Crippen LogP contribution >= 0.6 is 0 Å². The topological polar surface area (TPSA) is 97.1 Å². The van der Waals surface area contributed by atoms with Crippen LogP contribution < -0.4 is 16.8 Å². The van der Waals surface area contributed by atoms with E-state index in [1.807, 2.05) is 30.3 Å². The zero-order valence-corrected chi connectivity index (χ0v) is 12.7. The van der Waals surface area contributed by atoms with Crippen molar-refractivity contribution in [2.24, 2.45) is 14.1 Å². The van der Waals surface area contributed by atoms with Gasteiger partial charge in [-0.15, -0.1) is 0 Å². The fraction of sp³-hybridized carbons (Fsp3) is 0.188. The van der Waals surface area contributed by atoms with Crippen molar-refractivity contribution in [3.63, 3.8) is 0 Å². The smallest absolute Gasteiger partial charge is 0.329 e. The fourth-order valence-electron chi connectivity index (χ4n) is 2.59. The molecule has 0 bridgehead atoms. The Hall–Kier alpha value is -3.09. The Morgan fingerprint density at radius 3 is 2.30 bits per heavy atom. The van der Waals surface area contributed by atoms with Crippen molar-refractivity contribution < 1.29 is 5.11 Å². The molecule has 0 unspecified atom stereocenters. The molecule has 2 N–H and O–H groups in total. The van der Waals surface area contributed by atoms with Crippen LogP contribution in [0.3, 0.4) is 0 Å². The first kappa shape index (κ1) is 14.8. The van der Waals surface area contributed by atoms with E-state index in [0.717, 1.165) is 10.1 Å². The summed E-state index contributed by atoms with van der Waals surface area (Å²) in [5, 5.41) is 10.4. The van der Waals surface area contributed by atoms with E-state index < -0.39 is 16.8 Å². The summed E-state index contributed by atoms with van der Waals surface area (Å²) in [4.78, 5) is 39.0. The highest BCUT2D eigenvalue weighted by Crippen LogP contribution is 2.23. The molecule has 0 fully saturated rings. The standard InChI is InChI=1S/C16H15N3O4/c1-18-13-11(15(22)19(2)16(23)17-13)12(20)10(14(18)21)8-9-6-4-3-5-7-9/h3-7,20H,8H2,1-2H3,(H,17,23). The van der Waals surface area contributed by atoms with Crippen molar-refractivity contribution >= 4 is 11.0 Å². The lowest BCUT2D eigenvalue weighted by Crippen LogP contribution is -2.35. The minimum atomic E-state index is -0.647. The Balaban J connectivity index is 2.39. The third kappa shape index (κ3) is 2.26. The Morgan fingerprint density at radius 1 is 1.00 bits per heavy atom. The molecule has 1 aromatic carbocycles. The molecule has 118 valence electrons. The normalized spacial score (nSPS) is 11.0. The molecule has 2 heterocycles. The van der Waals surface area contributed by atoms with E-state index in [1.165, 1.54) is 18.7 Å². The van der Waals surface area contributed by atoms with Crippen LogP contribution in [0, 0.1) is 0 Å². The molecule has 7 nitrogen and oxygen atoms in total. The molecule has 0 spiro atoms. The van der Waals surface area contributed by atoms with Crippen LogP contribution in [0.4, 0.5) is 0 Å². The van der Waals surface area contributed by atoms with E-state index in [0.29, 0.717) is 0 Å². The molecule has 0 saturated carbocycles. The summed E-state index contributed by atoms with van der Waals surface area (Å²) in [5.74, 6) is -0.385. The van der Waals surface area contributed by atoms with Gasteiger partial charge in [-0.05, 0) is 5.56 Å². The predicted molar refractivity (Wildman–Crippen MR) is 86.0 cm³/mol. The largest absolute Gasteiger partial charge is 0.506 e. The molecule has 0 amide bonds. The molecule has 7 heteroatoms. The van der Waals surface area contributed by atoms with Crippen LogP contribution in [0.15, 0.2) is 44.7 Å². The fourth-order valence-corrected chi connectivity index (χ4v) is 2.59. The lowest BCUT2D eigenvalue weighted by atomic mass is 10.0. The van der Waals surface area contributed by atoms with Gasteiger partial charge in [0.05, 0.1) is 5.56 Å².